The van der Waals surface area contributed by atoms with Gasteiger partial charge in [-0.25, -0.2) is 0 Å². The molecule has 25 heavy (non-hydrogen) atoms. The predicted molar refractivity (Wildman–Crippen MR) is 105 cm³/mol. The fraction of sp³-hybridized carbons (Fsp3) is 0.304. The smallest absolute Gasteiger partial charge is 0.119 e. The molecule has 0 atom stereocenters. The SMILES string of the molecule is CCCCCCOc1ccc(-c2c[nH]cc2Cc2ccccc2)cc1. The van der Waals surface area contributed by atoms with Crippen LogP contribution in [-0.4, -0.2) is 11.6 Å². The van der Waals surface area contributed by atoms with E-state index in [1.54, 1.807) is 0 Å². The summed E-state index contributed by atoms with van der Waals surface area (Å²) < 4.78 is 5.84. The molecule has 0 spiro atoms. The zero-order chi connectivity index (χ0) is 17.3. The topological polar surface area (TPSA) is 25.0 Å². The number of H-pyrrole nitrogens is 1. The second-order valence-electron chi connectivity index (χ2n) is 6.49. The van der Waals surface area contributed by atoms with E-state index in [0.717, 1.165) is 25.2 Å². The number of hydrogen-bond acceptors (Lipinski definition) is 1. The first-order chi connectivity index (χ1) is 12.4. The Labute approximate surface area is 150 Å². The molecular formula is C23H27NO. The highest BCUT2D eigenvalue weighted by Crippen LogP contribution is 2.27. The summed E-state index contributed by atoms with van der Waals surface area (Å²) in [5, 5.41) is 0. The Hall–Kier alpha value is -2.48. The minimum atomic E-state index is 0.808. The van der Waals surface area contributed by atoms with Crippen molar-refractivity contribution in [1.29, 1.82) is 0 Å². The number of aromatic nitrogens is 1. The Kier molecular flexibility index (Phi) is 6.33. The van der Waals surface area contributed by atoms with Crippen LogP contribution in [0, 0.1) is 0 Å². The lowest BCUT2D eigenvalue weighted by molar-refractivity contribution is 0.305. The van der Waals surface area contributed by atoms with Crippen LogP contribution in [0.25, 0.3) is 11.1 Å². The summed E-state index contributed by atoms with van der Waals surface area (Å²) in [6.45, 7) is 3.04. The molecule has 0 aliphatic carbocycles. The van der Waals surface area contributed by atoms with Crippen LogP contribution in [0.5, 0.6) is 5.75 Å². The van der Waals surface area contributed by atoms with E-state index in [-0.39, 0.29) is 0 Å². The fourth-order valence-corrected chi connectivity index (χ4v) is 3.08. The van der Waals surface area contributed by atoms with Crippen molar-refractivity contribution < 1.29 is 4.74 Å². The molecule has 3 aromatic rings. The third-order valence-corrected chi connectivity index (χ3v) is 4.50. The zero-order valence-electron chi connectivity index (χ0n) is 15.0. The largest absolute Gasteiger partial charge is 0.494 e. The first-order valence-corrected chi connectivity index (χ1v) is 9.29. The number of aromatic amines is 1. The van der Waals surface area contributed by atoms with Gasteiger partial charge in [0.25, 0.3) is 0 Å². The summed E-state index contributed by atoms with van der Waals surface area (Å²) in [5.74, 6) is 0.959. The molecule has 3 rings (SSSR count). The van der Waals surface area contributed by atoms with E-state index < -0.39 is 0 Å². The highest BCUT2D eigenvalue weighted by molar-refractivity contribution is 5.68. The van der Waals surface area contributed by atoms with Crippen LogP contribution in [0.15, 0.2) is 67.0 Å². The Morgan fingerprint density at radius 3 is 2.40 bits per heavy atom. The van der Waals surface area contributed by atoms with Crippen molar-refractivity contribution in [2.45, 2.75) is 39.0 Å². The highest BCUT2D eigenvalue weighted by atomic mass is 16.5. The Morgan fingerprint density at radius 2 is 1.64 bits per heavy atom. The van der Waals surface area contributed by atoms with Gasteiger partial charge in [-0.05, 0) is 41.7 Å². The molecule has 1 aromatic heterocycles. The standard InChI is InChI=1S/C23H27NO/c1-2-3-4-8-15-25-22-13-11-20(12-14-22)23-18-24-17-21(23)16-19-9-6-5-7-10-19/h5-7,9-14,17-18,24H,2-4,8,15-16H2,1H3. The van der Waals surface area contributed by atoms with E-state index in [1.807, 2.05) is 0 Å². The van der Waals surface area contributed by atoms with Gasteiger partial charge in [0.05, 0.1) is 6.61 Å². The molecule has 2 aromatic carbocycles. The van der Waals surface area contributed by atoms with Crippen molar-refractivity contribution >= 4 is 0 Å². The summed E-state index contributed by atoms with van der Waals surface area (Å²) >= 11 is 0. The van der Waals surface area contributed by atoms with Crippen LogP contribution in [-0.2, 0) is 6.42 Å². The molecular weight excluding hydrogens is 306 g/mol. The summed E-state index contributed by atoms with van der Waals surface area (Å²) in [4.78, 5) is 3.25. The molecule has 1 N–H and O–H groups in total. The maximum absolute atomic E-state index is 5.84. The molecule has 2 heteroatoms. The highest BCUT2D eigenvalue weighted by Gasteiger charge is 2.07. The fourth-order valence-electron chi connectivity index (χ4n) is 3.08. The number of rotatable bonds is 9. The quantitative estimate of drug-likeness (QED) is 0.461. The van der Waals surface area contributed by atoms with E-state index >= 15 is 0 Å². The molecule has 0 bridgehead atoms. The number of benzene rings is 2. The Morgan fingerprint density at radius 1 is 0.840 bits per heavy atom. The summed E-state index contributed by atoms with van der Waals surface area (Å²) in [7, 11) is 0. The molecule has 0 saturated heterocycles. The Balaban J connectivity index is 1.62. The van der Waals surface area contributed by atoms with Crippen LogP contribution in [0.4, 0.5) is 0 Å². The van der Waals surface area contributed by atoms with Crippen LogP contribution in [0.1, 0.15) is 43.7 Å². The molecule has 0 fully saturated rings. The predicted octanol–water partition coefficient (Wildman–Crippen LogP) is 6.23. The summed E-state index contributed by atoms with van der Waals surface area (Å²) in [6, 6.07) is 19.0. The van der Waals surface area contributed by atoms with Gasteiger partial charge in [0.2, 0.25) is 0 Å². The Bertz CT molecular complexity index is 743. The number of ether oxygens (including phenoxy) is 1. The van der Waals surface area contributed by atoms with Gasteiger partial charge in [-0.15, -0.1) is 0 Å². The van der Waals surface area contributed by atoms with Crippen molar-refractivity contribution in [1.82, 2.24) is 4.98 Å². The lowest BCUT2D eigenvalue weighted by atomic mass is 9.99. The second kappa shape index (κ2) is 9.12. The molecule has 0 amide bonds. The lowest BCUT2D eigenvalue weighted by Crippen LogP contribution is -1.97. The van der Waals surface area contributed by atoms with Crippen LogP contribution < -0.4 is 4.74 Å². The van der Waals surface area contributed by atoms with Gasteiger partial charge in [-0.1, -0.05) is 68.7 Å². The molecule has 2 nitrogen and oxygen atoms in total. The zero-order valence-corrected chi connectivity index (χ0v) is 15.0. The van der Waals surface area contributed by atoms with Crippen molar-refractivity contribution in [3.8, 4) is 16.9 Å². The normalized spacial score (nSPS) is 10.8. The third kappa shape index (κ3) is 4.99. The average Bonchev–Trinajstić information content (AvgIpc) is 3.11. The molecule has 1 heterocycles. The summed E-state index contributed by atoms with van der Waals surface area (Å²) in [5.41, 5.74) is 5.14. The third-order valence-electron chi connectivity index (χ3n) is 4.50. The number of hydrogen-bond donors (Lipinski definition) is 1. The van der Waals surface area contributed by atoms with Crippen molar-refractivity contribution in [2.75, 3.05) is 6.61 Å². The van der Waals surface area contributed by atoms with Crippen LogP contribution >= 0.6 is 0 Å². The first-order valence-electron chi connectivity index (χ1n) is 9.29. The van der Waals surface area contributed by atoms with Gasteiger partial charge >= 0.3 is 0 Å². The second-order valence-corrected chi connectivity index (χ2v) is 6.49. The molecule has 0 unspecified atom stereocenters. The molecule has 130 valence electrons. The maximum atomic E-state index is 5.84. The van der Waals surface area contributed by atoms with Crippen LogP contribution in [0.3, 0.4) is 0 Å². The van der Waals surface area contributed by atoms with Crippen LogP contribution in [0.2, 0.25) is 0 Å². The van der Waals surface area contributed by atoms with Gasteiger partial charge in [-0.3, -0.25) is 0 Å². The van der Waals surface area contributed by atoms with E-state index in [1.165, 1.54) is 41.5 Å². The lowest BCUT2D eigenvalue weighted by Gasteiger charge is -2.08. The maximum Gasteiger partial charge on any atom is 0.119 e. The minimum Gasteiger partial charge on any atom is -0.494 e. The van der Waals surface area contributed by atoms with Gasteiger partial charge in [0.15, 0.2) is 0 Å². The molecule has 0 aliphatic heterocycles. The minimum absolute atomic E-state index is 0.808. The van der Waals surface area contributed by atoms with Crippen molar-refractivity contribution in [3.63, 3.8) is 0 Å². The van der Waals surface area contributed by atoms with Crippen molar-refractivity contribution in [3.05, 3.63) is 78.1 Å². The van der Waals surface area contributed by atoms with E-state index in [2.05, 4.69) is 78.9 Å². The van der Waals surface area contributed by atoms with E-state index in [9.17, 15) is 0 Å². The van der Waals surface area contributed by atoms with Crippen molar-refractivity contribution in [2.24, 2.45) is 0 Å². The van der Waals surface area contributed by atoms with E-state index in [0.29, 0.717) is 0 Å². The first kappa shape index (κ1) is 17.3. The molecule has 0 radical (unpaired) electrons. The van der Waals surface area contributed by atoms with Gasteiger partial charge < -0.3 is 9.72 Å². The van der Waals surface area contributed by atoms with E-state index in [4.69, 9.17) is 4.74 Å². The number of unbranched alkanes of at least 4 members (excludes halogenated alkanes) is 3. The summed E-state index contributed by atoms with van der Waals surface area (Å²) in [6.07, 6.45) is 10.1. The average molecular weight is 333 g/mol. The molecule has 0 saturated carbocycles. The molecule has 0 aliphatic rings. The van der Waals surface area contributed by atoms with Gasteiger partial charge in [0.1, 0.15) is 5.75 Å². The monoisotopic (exact) mass is 333 g/mol. The number of nitrogens with one attached hydrogen (secondary N) is 1. The van der Waals surface area contributed by atoms with Gasteiger partial charge in [0, 0.05) is 18.0 Å². The van der Waals surface area contributed by atoms with Gasteiger partial charge in [-0.2, -0.15) is 0 Å².